The summed E-state index contributed by atoms with van der Waals surface area (Å²) in [5.74, 6) is 0.0563. The van der Waals surface area contributed by atoms with Crippen LogP contribution < -0.4 is 16.0 Å². The largest absolute Gasteiger partial charge is 0.384 e. The third-order valence-electron chi connectivity index (χ3n) is 7.88. The van der Waals surface area contributed by atoms with E-state index in [2.05, 4.69) is 15.2 Å². The number of aromatic nitrogens is 1. The first-order valence-electron chi connectivity index (χ1n) is 13.4. The predicted octanol–water partition coefficient (Wildman–Crippen LogP) is 3.79. The Morgan fingerprint density at radius 3 is 2.43 bits per heavy atom. The molecule has 198 valence electrons. The highest BCUT2D eigenvalue weighted by atomic mass is 35.5. The SMILES string of the molecule is Nc1cc(N2CCN(C(=O)NC3CCCCN(C(=O)C4CCCCC4)C3=O)CC2)c2ccc(Cl)cc2n1. The number of likely N-dealkylation sites (tertiary alicyclic amines) is 1. The fourth-order valence-electron chi connectivity index (χ4n) is 5.82. The average molecular weight is 527 g/mol. The molecule has 2 saturated heterocycles. The van der Waals surface area contributed by atoms with Crippen LogP contribution in [0.15, 0.2) is 24.3 Å². The summed E-state index contributed by atoms with van der Waals surface area (Å²) in [7, 11) is 0. The number of halogens is 1. The van der Waals surface area contributed by atoms with Crippen LogP contribution in [0.1, 0.15) is 51.4 Å². The molecule has 1 aromatic heterocycles. The molecule has 3 heterocycles. The van der Waals surface area contributed by atoms with Crippen molar-refractivity contribution in [2.75, 3.05) is 43.4 Å². The number of pyridine rings is 1. The van der Waals surface area contributed by atoms with Crippen molar-refractivity contribution in [1.29, 1.82) is 0 Å². The van der Waals surface area contributed by atoms with Crippen molar-refractivity contribution in [1.82, 2.24) is 20.1 Å². The number of amides is 4. The van der Waals surface area contributed by atoms with Crippen molar-refractivity contribution in [2.24, 2.45) is 5.92 Å². The minimum Gasteiger partial charge on any atom is -0.384 e. The first-order valence-corrected chi connectivity index (χ1v) is 13.8. The normalized spacial score (nSPS) is 21.7. The van der Waals surface area contributed by atoms with Crippen molar-refractivity contribution in [3.8, 4) is 0 Å². The van der Waals surface area contributed by atoms with Crippen molar-refractivity contribution < 1.29 is 14.4 Å². The van der Waals surface area contributed by atoms with Crippen LogP contribution in [-0.2, 0) is 9.59 Å². The number of anilines is 2. The molecule has 2 aromatic rings. The second kappa shape index (κ2) is 11.1. The van der Waals surface area contributed by atoms with Crippen molar-refractivity contribution >= 4 is 51.9 Å². The van der Waals surface area contributed by atoms with Crippen LogP contribution in [0.2, 0.25) is 5.02 Å². The molecule has 3 aliphatic rings. The van der Waals surface area contributed by atoms with E-state index >= 15 is 0 Å². The predicted molar refractivity (Wildman–Crippen MR) is 144 cm³/mol. The minimum atomic E-state index is -0.658. The Labute approximate surface area is 222 Å². The molecule has 0 radical (unpaired) electrons. The number of fused-ring (bicyclic) bond motifs is 1. The van der Waals surface area contributed by atoms with E-state index in [0.29, 0.717) is 50.0 Å². The van der Waals surface area contributed by atoms with E-state index < -0.39 is 6.04 Å². The molecule has 3 fully saturated rings. The van der Waals surface area contributed by atoms with Gasteiger partial charge in [0.15, 0.2) is 0 Å². The number of imide groups is 1. The van der Waals surface area contributed by atoms with Gasteiger partial charge in [-0.3, -0.25) is 14.5 Å². The molecule has 2 aliphatic heterocycles. The Balaban J connectivity index is 1.21. The topological polar surface area (TPSA) is 112 Å². The van der Waals surface area contributed by atoms with Gasteiger partial charge in [-0.2, -0.15) is 0 Å². The molecule has 1 saturated carbocycles. The van der Waals surface area contributed by atoms with Gasteiger partial charge in [0.2, 0.25) is 5.91 Å². The maximum atomic E-state index is 13.3. The summed E-state index contributed by atoms with van der Waals surface area (Å²) in [6.07, 6.45) is 7.10. The third-order valence-corrected chi connectivity index (χ3v) is 8.12. The number of nitrogens with zero attached hydrogens (tertiary/aromatic N) is 4. The van der Waals surface area contributed by atoms with Gasteiger partial charge in [0.1, 0.15) is 11.9 Å². The summed E-state index contributed by atoms with van der Waals surface area (Å²) in [6, 6.07) is 6.52. The van der Waals surface area contributed by atoms with E-state index in [1.54, 1.807) is 11.0 Å². The van der Waals surface area contributed by atoms with Crippen LogP contribution in [0.5, 0.6) is 0 Å². The number of urea groups is 1. The quantitative estimate of drug-likeness (QED) is 0.588. The lowest BCUT2D eigenvalue weighted by atomic mass is 9.88. The van der Waals surface area contributed by atoms with Gasteiger partial charge >= 0.3 is 6.03 Å². The second-order valence-electron chi connectivity index (χ2n) is 10.4. The minimum absolute atomic E-state index is 0.0513. The number of carbonyl (C=O) groups is 3. The van der Waals surface area contributed by atoms with Gasteiger partial charge < -0.3 is 20.9 Å². The lowest BCUT2D eigenvalue weighted by molar-refractivity contribution is -0.148. The number of nitrogens with one attached hydrogen (secondary N) is 1. The fourth-order valence-corrected chi connectivity index (χ4v) is 5.98. The molecular formula is C27H35ClN6O3. The molecule has 1 aromatic carbocycles. The van der Waals surface area contributed by atoms with Gasteiger partial charge in [0, 0.05) is 60.8 Å². The lowest BCUT2D eigenvalue weighted by Gasteiger charge is -2.37. The Bertz CT molecular complexity index is 1170. The Morgan fingerprint density at radius 2 is 1.68 bits per heavy atom. The van der Waals surface area contributed by atoms with Gasteiger partial charge in [-0.05, 0) is 50.3 Å². The number of nitrogen functional groups attached to an aromatic ring is 1. The molecule has 37 heavy (non-hydrogen) atoms. The molecule has 10 heteroatoms. The molecule has 9 nitrogen and oxygen atoms in total. The molecular weight excluding hydrogens is 492 g/mol. The Morgan fingerprint density at radius 1 is 0.946 bits per heavy atom. The van der Waals surface area contributed by atoms with Crippen LogP contribution in [0.4, 0.5) is 16.3 Å². The summed E-state index contributed by atoms with van der Waals surface area (Å²) >= 11 is 6.14. The fraction of sp³-hybridized carbons (Fsp3) is 0.556. The number of piperazine rings is 1. The van der Waals surface area contributed by atoms with E-state index in [0.717, 1.165) is 61.5 Å². The zero-order chi connectivity index (χ0) is 25.9. The number of hydrogen-bond acceptors (Lipinski definition) is 6. The molecule has 0 spiro atoms. The average Bonchev–Trinajstić information content (AvgIpc) is 3.09. The maximum Gasteiger partial charge on any atom is 0.318 e. The zero-order valence-corrected chi connectivity index (χ0v) is 21.9. The molecule has 1 atom stereocenters. The highest BCUT2D eigenvalue weighted by Gasteiger charge is 2.36. The first kappa shape index (κ1) is 25.6. The lowest BCUT2D eigenvalue weighted by Crippen LogP contribution is -2.57. The molecule has 5 rings (SSSR count). The molecule has 1 unspecified atom stereocenters. The van der Waals surface area contributed by atoms with Crippen LogP contribution >= 0.6 is 11.6 Å². The Hall–Kier alpha value is -3.07. The number of benzene rings is 1. The highest BCUT2D eigenvalue weighted by molar-refractivity contribution is 6.31. The van der Waals surface area contributed by atoms with E-state index in [4.69, 9.17) is 17.3 Å². The Kier molecular flexibility index (Phi) is 7.69. The van der Waals surface area contributed by atoms with Crippen LogP contribution in [0, 0.1) is 5.92 Å². The third kappa shape index (κ3) is 5.61. The highest BCUT2D eigenvalue weighted by Crippen LogP contribution is 2.31. The van der Waals surface area contributed by atoms with Crippen molar-refractivity contribution in [3.05, 3.63) is 29.3 Å². The second-order valence-corrected chi connectivity index (χ2v) is 10.8. The van der Waals surface area contributed by atoms with E-state index in [9.17, 15) is 14.4 Å². The molecule has 4 amide bonds. The summed E-state index contributed by atoms with van der Waals surface area (Å²) in [4.78, 5) is 49.3. The number of nitrogens with two attached hydrogens (primary N) is 1. The standard InChI is InChI=1S/C27H35ClN6O3/c28-19-9-10-20-22(16-19)30-24(29)17-23(20)32-12-14-33(15-13-32)27(37)31-21-8-4-5-11-34(26(21)36)25(35)18-6-2-1-3-7-18/h9-10,16-18,21H,1-8,11-15H2,(H2,29,30)(H,31,37). The molecule has 0 bridgehead atoms. The molecule has 3 N–H and O–H groups in total. The smallest absolute Gasteiger partial charge is 0.318 e. The van der Waals surface area contributed by atoms with Crippen molar-refractivity contribution in [3.63, 3.8) is 0 Å². The number of rotatable bonds is 3. The van der Waals surface area contributed by atoms with Crippen LogP contribution in [-0.4, -0.2) is 71.4 Å². The van der Waals surface area contributed by atoms with E-state index in [-0.39, 0.29) is 23.8 Å². The summed E-state index contributed by atoms with van der Waals surface area (Å²) in [5.41, 5.74) is 7.76. The summed E-state index contributed by atoms with van der Waals surface area (Å²) in [5, 5.41) is 4.51. The van der Waals surface area contributed by atoms with Crippen LogP contribution in [0.3, 0.4) is 0 Å². The van der Waals surface area contributed by atoms with E-state index in [1.165, 1.54) is 4.90 Å². The monoisotopic (exact) mass is 526 g/mol. The first-order chi connectivity index (χ1) is 17.9. The van der Waals surface area contributed by atoms with Gasteiger partial charge in [-0.15, -0.1) is 0 Å². The zero-order valence-electron chi connectivity index (χ0n) is 21.1. The van der Waals surface area contributed by atoms with Gasteiger partial charge in [0.05, 0.1) is 5.52 Å². The van der Waals surface area contributed by atoms with Crippen LogP contribution in [0.25, 0.3) is 10.9 Å². The van der Waals surface area contributed by atoms with Gasteiger partial charge in [0.25, 0.3) is 5.91 Å². The van der Waals surface area contributed by atoms with Gasteiger partial charge in [-0.1, -0.05) is 30.9 Å². The maximum absolute atomic E-state index is 13.3. The van der Waals surface area contributed by atoms with E-state index in [1.807, 2.05) is 18.2 Å². The van der Waals surface area contributed by atoms with Crippen molar-refractivity contribution in [2.45, 2.75) is 57.4 Å². The summed E-state index contributed by atoms with van der Waals surface area (Å²) in [6.45, 7) is 2.72. The molecule has 1 aliphatic carbocycles. The number of hydrogen-bond donors (Lipinski definition) is 2. The number of carbonyl (C=O) groups excluding carboxylic acids is 3. The summed E-state index contributed by atoms with van der Waals surface area (Å²) < 4.78 is 0. The van der Waals surface area contributed by atoms with Gasteiger partial charge in [-0.25, -0.2) is 9.78 Å².